The smallest absolute Gasteiger partial charge is 0.195 e. The van der Waals surface area contributed by atoms with Crippen molar-refractivity contribution in [2.24, 2.45) is 0 Å². The van der Waals surface area contributed by atoms with Crippen LogP contribution in [0, 0.1) is 0 Å². The van der Waals surface area contributed by atoms with Crippen LogP contribution in [0.15, 0.2) is 42.5 Å². The van der Waals surface area contributed by atoms with Gasteiger partial charge in [0, 0.05) is 22.9 Å². The third-order valence-electron chi connectivity index (χ3n) is 2.99. The summed E-state index contributed by atoms with van der Waals surface area (Å²) in [6.07, 6.45) is 0. The molecular weight excluding hydrogens is 278 g/mol. The number of ketones is 1. The van der Waals surface area contributed by atoms with Gasteiger partial charge in [0.1, 0.15) is 13.2 Å². The first-order chi connectivity index (χ1) is 9.25. The number of nitrogen functional groups attached to an aromatic ring is 1. The maximum absolute atomic E-state index is 12.4. The molecule has 0 spiro atoms. The summed E-state index contributed by atoms with van der Waals surface area (Å²) in [6.45, 7) is 0.980. The Kier molecular flexibility index (Phi) is 4.15. The van der Waals surface area contributed by atoms with E-state index < -0.39 is 0 Å². The van der Waals surface area contributed by atoms with Crippen LogP contribution >= 0.6 is 12.4 Å². The van der Waals surface area contributed by atoms with Gasteiger partial charge in [-0.05, 0) is 6.07 Å². The topological polar surface area (TPSA) is 61.6 Å². The van der Waals surface area contributed by atoms with Gasteiger partial charge in [-0.25, -0.2) is 0 Å². The second-order valence-corrected chi connectivity index (χ2v) is 4.28. The lowest BCUT2D eigenvalue weighted by molar-refractivity contribution is 0.103. The fraction of sp³-hybridized carbons (Fsp3) is 0.133. The lowest BCUT2D eigenvalue weighted by Gasteiger charge is -2.19. The maximum atomic E-state index is 12.4. The van der Waals surface area contributed by atoms with Crippen molar-refractivity contribution in [3.8, 4) is 11.5 Å². The highest BCUT2D eigenvalue weighted by Crippen LogP contribution is 2.35. The second-order valence-electron chi connectivity index (χ2n) is 4.28. The third kappa shape index (κ3) is 2.56. The second kappa shape index (κ2) is 5.84. The van der Waals surface area contributed by atoms with Gasteiger partial charge in [0.25, 0.3) is 0 Å². The van der Waals surface area contributed by atoms with Gasteiger partial charge >= 0.3 is 0 Å². The van der Waals surface area contributed by atoms with E-state index in [9.17, 15) is 4.79 Å². The van der Waals surface area contributed by atoms with Crippen molar-refractivity contribution in [3.05, 3.63) is 53.6 Å². The average Bonchev–Trinajstić information content (AvgIpc) is 2.47. The van der Waals surface area contributed by atoms with E-state index in [1.54, 1.807) is 24.3 Å². The molecule has 1 heterocycles. The molecule has 0 aromatic heterocycles. The molecule has 0 atom stereocenters. The number of benzene rings is 2. The molecule has 2 aromatic rings. The molecule has 0 fully saturated rings. The molecule has 0 radical (unpaired) electrons. The number of hydrogen-bond acceptors (Lipinski definition) is 4. The number of halogens is 1. The highest BCUT2D eigenvalue weighted by Gasteiger charge is 2.19. The van der Waals surface area contributed by atoms with Crippen molar-refractivity contribution < 1.29 is 14.3 Å². The summed E-state index contributed by atoms with van der Waals surface area (Å²) < 4.78 is 10.9. The fourth-order valence-corrected chi connectivity index (χ4v) is 2.05. The van der Waals surface area contributed by atoms with Gasteiger partial charge in [0.2, 0.25) is 0 Å². The molecule has 2 aromatic carbocycles. The Bertz CT molecular complexity index is 629. The van der Waals surface area contributed by atoms with E-state index in [-0.39, 0.29) is 18.2 Å². The summed E-state index contributed by atoms with van der Waals surface area (Å²) in [4.78, 5) is 12.4. The lowest BCUT2D eigenvalue weighted by Crippen LogP contribution is -2.16. The van der Waals surface area contributed by atoms with Crippen molar-refractivity contribution in [2.45, 2.75) is 0 Å². The first kappa shape index (κ1) is 14.2. The maximum Gasteiger partial charge on any atom is 0.195 e. The first-order valence-corrected chi connectivity index (χ1v) is 6.04. The summed E-state index contributed by atoms with van der Waals surface area (Å²) in [6, 6.07) is 12.3. The van der Waals surface area contributed by atoms with Crippen molar-refractivity contribution in [2.75, 3.05) is 18.9 Å². The van der Waals surface area contributed by atoms with Crippen LogP contribution < -0.4 is 15.2 Å². The van der Waals surface area contributed by atoms with Crippen LogP contribution in [0.4, 0.5) is 5.69 Å². The Balaban J connectivity index is 0.00000147. The number of carbonyl (C=O) groups excluding carboxylic acids is 1. The van der Waals surface area contributed by atoms with Crippen molar-refractivity contribution in [3.63, 3.8) is 0 Å². The van der Waals surface area contributed by atoms with Gasteiger partial charge in [-0.15, -0.1) is 12.4 Å². The normalized spacial score (nSPS) is 12.4. The van der Waals surface area contributed by atoms with E-state index in [4.69, 9.17) is 15.2 Å². The van der Waals surface area contributed by atoms with Crippen LogP contribution in [0.2, 0.25) is 0 Å². The predicted octanol–water partition coefficient (Wildman–Crippen LogP) is 2.69. The van der Waals surface area contributed by atoms with Gasteiger partial charge in [0.15, 0.2) is 17.3 Å². The molecule has 3 rings (SSSR count). The van der Waals surface area contributed by atoms with Crippen LogP contribution in [0.3, 0.4) is 0 Å². The zero-order valence-electron chi connectivity index (χ0n) is 10.7. The molecule has 5 heteroatoms. The van der Waals surface area contributed by atoms with Gasteiger partial charge in [-0.3, -0.25) is 4.79 Å². The van der Waals surface area contributed by atoms with Crippen LogP contribution in [0.25, 0.3) is 0 Å². The predicted molar refractivity (Wildman–Crippen MR) is 79.0 cm³/mol. The number of carbonyl (C=O) groups is 1. The van der Waals surface area contributed by atoms with E-state index in [1.165, 1.54) is 0 Å². The minimum Gasteiger partial charge on any atom is -0.486 e. The van der Waals surface area contributed by atoms with E-state index in [0.29, 0.717) is 41.5 Å². The highest BCUT2D eigenvalue weighted by atomic mass is 35.5. The molecule has 0 aliphatic carbocycles. The summed E-state index contributed by atoms with van der Waals surface area (Å²) in [5.41, 5.74) is 7.37. The molecular formula is C15H14ClNO3. The quantitative estimate of drug-likeness (QED) is 0.682. The molecule has 104 valence electrons. The minimum absolute atomic E-state index is 0. The van der Waals surface area contributed by atoms with Crippen molar-refractivity contribution >= 4 is 23.9 Å². The first-order valence-electron chi connectivity index (χ1n) is 6.04. The molecule has 4 nitrogen and oxygen atoms in total. The molecule has 1 aliphatic rings. The molecule has 2 N–H and O–H groups in total. The number of nitrogens with two attached hydrogens (primary N) is 1. The monoisotopic (exact) mass is 291 g/mol. The number of rotatable bonds is 2. The van der Waals surface area contributed by atoms with Gasteiger partial charge < -0.3 is 15.2 Å². The van der Waals surface area contributed by atoms with Crippen LogP contribution in [-0.4, -0.2) is 19.0 Å². The largest absolute Gasteiger partial charge is 0.486 e. The Morgan fingerprint density at radius 1 is 1.00 bits per heavy atom. The van der Waals surface area contributed by atoms with Crippen molar-refractivity contribution in [1.29, 1.82) is 0 Å². The lowest BCUT2D eigenvalue weighted by atomic mass is 10.0. The zero-order valence-corrected chi connectivity index (χ0v) is 11.5. The highest BCUT2D eigenvalue weighted by molar-refractivity contribution is 6.12. The third-order valence-corrected chi connectivity index (χ3v) is 2.99. The molecule has 0 amide bonds. The fourth-order valence-electron chi connectivity index (χ4n) is 2.05. The molecule has 1 aliphatic heterocycles. The van der Waals surface area contributed by atoms with Gasteiger partial charge in [-0.2, -0.15) is 0 Å². The Hall–Kier alpha value is -2.20. The Labute approximate surface area is 122 Å². The summed E-state index contributed by atoms with van der Waals surface area (Å²) >= 11 is 0. The van der Waals surface area contributed by atoms with Crippen LogP contribution in [-0.2, 0) is 0 Å². The molecule has 20 heavy (non-hydrogen) atoms. The van der Waals surface area contributed by atoms with Crippen LogP contribution in [0.5, 0.6) is 11.5 Å². The number of anilines is 1. The zero-order chi connectivity index (χ0) is 13.2. The summed E-state index contributed by atoms with van der Waals surface area (Å²) in [5.74, 6) is 1.04. The average molecular weight is 292 g/mol. The van der Waals surface area contributed by atoms with Crippen molar-refractivity contribution in [1.82, 2.24) is 0 Å². The Morgan fingerprint density at radius 2 is 1.60 bits per heavy atom. The standard InChI is InChI=1S/C15H13NO3.ClH/c16-12-9-14-13(18-6-7-19-14)8-11(12)15(17)10-4-2-1-3-5-10;/h1-5,8-9H,6-7,16H2;1H. The summed E-state index contributed by atoms with van der Waals surface area (Å²) in [7, 11) is 0. The van der Waals surface area contributed by atoms with E-state index in [1.807, 2.05) is 18.2 Å². The van der Waals surface area contributed by atoms with Gasteiger partial charge in [-0.1, -0.05) is 30.3 Å². The Morgan fingerprint density at radius 3 is 2.25 bits per heavy atom. The van der Waals surface area contributed by atoms with E-state index in [2.05, 4.69) is 0 Å². The minimum atomic E-state index is -0.116. The molecule has 0 saturated carbocycles. The van der Waals surface area contributed by atoms with Gasteiger partial charge in [0.05, 0.1) is 0 Å². The SMILES string of the molecule is Cl.Nc1cc2c(cc1C(=O)c1ccccc1)OCCO2. The molecule has 0 unspecified atom stereocenters. The number of fused-ring (bicyclic) bond motifs is 1. The number of hydrogen-bond donors (Lipinski definition) is 1. The van der Waals surface area contributed by atoms with Crippen LogP contribution in [0.1, 0.15) is 15.9 Å². The van der Waals surface area contributed by atoms with E-state index in [0.717, 1.165) is 0 Å². The van der Waals surface area contributed by atoms with E-state index >= 15 is 0 Å². The number of ether oxygens (including phenoxy) is 2. The summed E-state index contributed by atoms with van der Waals surface area (Å²) in [5, 5.41) is 0. The molecule has 0 bridgehead atoms. The molecule has 0 saturated heterocycles.